The summed E-state index contributed by atoms with van der Waals surface area (Å²) in [6.07, 6.45) is 1.69. The Morgan fingerprint density at radius 3 is 2.83 bits per heavy atom. The minimum atomic E-state index is -4.61. The fourth-order valence-corrected chi connectivity index (χ4v) is 3.89. The maximum Gasteiger partial charge on any atom is 0.433 e. The summed E-state index contributed by atoms with van der Waals surface area (Å²) in [5.41, 5.74) is -0.0285. The van der Waals surface area contributed by atoms with Crippen LogP contribution in [0.15, 0.2) is 53.3 Å². The highest BCUT2D eigenvalue weighted by Crippen LogP contribution is 2.37. The number of carbonyl (C=O) groups excluding carboxylic acids is 1. The molecule has 9 nitrogen and oxygen atoms in total. The summed E-state index contributed by atoms with van der Waals surface area (Å²) in [6, 6.07) is 6.69. The third kappa shape index (κ3) is 4.69. The average molecular weight is 486 g/mol. The van der Waals surface area contributed by atoms with Gasteiger partial charge in [-0.2, -0.15) is 23.4 Å². The molecule has 1 fully saturated rings. The number of carbonyl (C=O) groups is 1. The average Bonchev–Trinajstić information content (AvgIpc) is 3.56. The monoisotopic (exact) mass is 486 g/mol. The zero-order valence-corrected chi connectivity index (χ0v) is 18.5. The number of alkyl halides is 3. The molecule has 1 saturated carbocycles. The lowest BCUT2D eigenvalue weighted by Crippen LogP contribution is -2.33. The van der Waals surface area contributed by atoms with Crippen molar-refractivity contribution in [1.29, 1.82) is 0 Å². The predicted octanol–water partition coefficient (Wildman–Crippen LogP) is 4.94. The highest BCUT2D eigenvalue weighted by atomic mass is 19.4. The lowest BCUT2D eigenvalue weighted by atomic mass is 9.89. The minimum Gasteiger partial charge on any atom is -0.451 e. The van der Waals surface area contributed by atoms with E-state index in [9.17, 15) is 18.0 Å². The first-order chi connectivity index (χ1) is 16.8. The summed E-state index contributed by atoms with van der Waals surface area (Å²) in [5.74, 6) is -0.110. The molecular formula is C23H21F3N6O3. The zero-order chi connectivity index (χ0) is 24.6. The van der Waals surface area contributed by atoms with E-state index in [2.05, 4.69) is 25.6 Å². The van der Waals surface area contributed by atoms with Crippen LogP contribution in [0.5, 0.6) is 0 Å². The summed E-state index contributed by atoms with van der Waals surface area (Å²) in [5, 5.41) is 13.7. The first kappa shape index (κ1) is 22.8. The largest absolute Gasteiger partial charge is 0.451 e. The van der Waals surface area contributed by atoms with Crippen molar-refractivity contribution in [2.45, 2.75) is 38.1 Å². The Morgan fingerprint density at radius 1 is 1.29 bits per heavy atom. The minimum absolute atomic E-state index is 0.00180. The second kappa shape index (κ2) is 9.02. The number of ether oxygens (including phenoxy) is 1. The number of halogens is 3. The normalized spacial score (nSPS) is 17.8. The van der Waals surface area contributed by atoms with Crippen molar-refractivity contribution < 1.29 is 27.1 Å². The standard InChI is InChI=1S/C23H21F3N6O3/c1-2-34-15-8-14(9-15)32-12-17(21(31-32)16-4-3-5-20(29-16)23(24,25)26)30-22(33)19-7-6-18(35-19)13-10-27-28-11-13/h3-7,10-12,14-15H,2,8-9H2,1H3,(H,27,28)(H,30,33). The molecule has 2 N–H and O–H groups in total. The molecule has 12 heteroatoms. The number of anilines is 1. The smallest absolute Gasteiger partial charge is 0.433 e. The van der Waals surface area contributed by atoms with Crippen LogP contribution in [0.1, 0.15) is 42.1 Å². The van der Waals surface area contributed by atoms with Gasteiger partial charge in [0.15, 0.2) is 5.76 Å². The molecule has 1 aliphatic carbocycles. The van der Waals surface area contributed by atoms with Gasteiger partial charge < -0.3 is 14.5 Å². The molecule has 4 heterocycles. The van der Waals surface area contributed by atoms with Crippen molar-refractivity contribution in [3.05, 3.63) is 60.4 Å². The van der Waals surface area contributed by atoms with Gasteiger partial charge in [0, 0.05) is 19.0 Å². The molecule has 0 atom stereocenters. The first-order valence-corrected chi connectivity index (χ1v) is 11.0. The van der Waals surface area contributed by atoms with Crippen LogP contribution >= 0.6 is 0 Å². The fourth-order valence-electron chi connectivity index (χ4n) is 3.89. The van der Waals surface area contributed by atoms with E-state index in [1.54, 1.807) is 29.3 Å². The van der Waals surface area contributed by atoms with Crippen molar-refractivity contribution in [1.82, 2.24) is 25.0 Å². The van der Waals surface area contributed by atoms with Gasteiger partial charge in [-0.1, -0.05) is 6.07 Å². The number of pyridine rings is 1. The van der Waals surface area contributed by atoms with Gasteiger partial charge in [-0.05, 0) is 44.0 Å². The SMILES string of the molecule is CCOC1CC(n2cc(NC(=O)c3ccc(-c4cn[nH]c4)o3)c(-c3cccc(C(F)(F)F)n3)n2)C1. The van der Waals surface area contributed by atoms with Crippen molar-refractivity contribution in [3.8, 4) is 22.7 Å². The van der Waals surface area contributed by atoms with Crippen molar-refractivity contribution in [2.24, 2.45) is 0 Å². The summed E-state index contributed by atoms with van der Waals surface area (Å²) in [6.45, 7) is 2.51. The summed E-state index contributed by atoms with van der Waals surface area (Å²) in [4.78, 5) is 16.7. The Morgan fingerprint density at radius 2 is 2.11 bits per heavy atom. The highest BCUT2D eigenvalue weighted by molar-refractivity contribution is 6.04. The molecule has 5 rings (SSSR count). The van der Waals surface area contributed by atoms with Gasteiger partial charge in [0.25, 0.3) is 5.91 Å². The second-order valence-corrected chi connectivity index (χ2v) is 8.08. The van der Waals surface area contributed by atoms with E-state index in [0.717, 1.165) is 6.07 Å². The van der Waals surface area contributed by atoms with Gasteiger partial charge in [-0.3, -0.25) is 14.6 Å². The number of hydrogen-bond donors (Lipinski definition) is 2. The fraction of sp³-hybridized carbons (Fsp3) is 0.304. The van der Waals surface area contributed by atoms with Gasteiger partial charge in [0.05, 0.1) is 35.3 Å². The van der Waals surface area contributed by atoms with E-state index in [-0.39, 0.29) is 35.0 Å². The van der Waals surface area contributed by atoms with Crippen LogP contribution < -0.4 is 5.32 Å². The van der Waals surface area contributed by atoms with Crippen molar-refractivity contribution in [2.75, 3.05) is 11.9 Å². The predicted molar refractivity (Wildman–Crippen MR) is 118 cm³/mol. The maximum absolute atomic E-state index is 13.3. The van der Waals surface area contributed by atoms with E-state index in [0.29, 0.717) is 30.8 Å². The van der Waals surface area contributed by atoms with E-state index in [1.165, 1.54) is 18.2 Å². The Kier molecular flexibility index (Phi) is 5.89. The lowest BCUT2D eigenvalue weighted by molar-refractivity contribution is -0.141. The lowest BCUT2D eigenvalue weighted by Gasteiger charge is -2.34. The number of hydrogen-bond acceptors (Lipinski definition) is 6. The van der Waals surface area contributed by atoms with Crippen LogP contribution in [0.3, 0.4) is 0 Å². The van der Waals surface area contributed by atoms with Crippen molar-refractivity contribution >= 4 is 11.6 Å². The number of furan rings is 1. The molecular weight excluding hydrogens is 465 g/mol. The number of amides is 1. The van der Waals surface area contributed by atoms with E-state index in [1.807, 2.05) is 6.92 Å². The quantitative estimate of drug-likeness (QED) is 0.383. The number of nitrogens with zero attached hydrogens (tertiary/aromatic N) is 4. The Balaban J connectivity index is 1.44. The van der Waals surface area contributed by atoms with Gasteiger partial charge in [0.1, 0.15) is 17.1 Å². The molecule has 0 radical (unpaired) electrons. The van der Waals surface area contributed by atoms with Gasteiger partial charge in [-0.15, -0.1) is 0 Å². The van der Waals surface area contributed by atoms with Crippen LogP contribution in [0, 0.1) is 0 Å². The Bertz CT molecular complexity index is 1320. The third-order valence-corrected chi connectivity index (χ3v) is 5.72. The number of aromatic amines is 1. The molecule has 182 valence electrons. The van der Waals surface area contributed by atoms with E-state index < -0.39 is 17.8 Å². The topological polar surface area (TPSA) is 111 Å². The van der Waals surface area contributed by atoms with Gasteiger partial charge in [-0.25, -0.2) is 4.98 Å². The molecule has 0 saturated heterocycles. The first-order valence-electron chi connectivity index (χ1n) is 11.0. The molecule has 1 amide bonds. The second-order valence-electron chi connectivity index (χ2n) is 8.08. The van der Waals surface area contributed by atoms with Crippen LogP contribution in [-0.2, 0) is 10.9 Å². The molecule has 0 aliphatic heterocycles. The zero-order valence-electron chi connectivity index (χ0n) is 18.5. The molecule has 1 aliphatic rings. The molecule has 35 heavy (non-hydrogen) atoms. The number of rotatable bonds is 7. The third-order valence-electron chi connectivity index (χ3n) is 5.72. The summed E-state index contributed by atoms with van der Waals surface area (Å²) >= 11 is 0. The van der Waals surface area contributed by atoms with E-state index >= 15 is 0 Å². The van der Waals surface area contributed by atoms with Crippen molar-refractivity contribution in [3.63, 3.8) is 0 Å². The molecule has 4 aromatic heterocycles. The summed E-state index contributed by atoms with van der Waals surface area (Å²) in [7, 11) is 0. The maximum atomic E-state index is 13.3. The summed E-state index contributed by atoms with van der Waals surface area (Å²) < 4.78 is 52.6. The van der Waals surface area contributed by atoms with Crippen LogP contribution in [0.2, 0.25) is 0 Å². The molecule has 0 unspecified atom stereocenters. The molecule has 4 aromatic rings. The van der Waals surface area contributed by atoms with Gasteiger partial charge in [0.2, 0.25) is 0 Å². The van der Waals surface area contributed by atoms with Crippen LogP contribution in [-0.4, -0.2) is 43.6 Å². The molecule has 0 spiro atoms. The number of aromatic nitrogens is 5. The Labute approximate surface area is 197 Å². The van der Waals surface area contributed by atoms with Gasteiger partial charge >= 0.3 is 6.18 Å². The highest BCUT2D eigenvalue weighted by Gasteiger charge is 2.35. The molecule has 0 aromatic carbocycles. The number of nitrogens with one attached hydrogen (secondary N) is 2. The van der Waals surface area contributed by atoms with Crippen LogP contribution in [0.4, 0.5) is 18.9 Å². The number of H-pyrrole nitrogens is 1. The van der Waals surface area contributed by atoms with E-state index in [4.69, 9.17) is 9.15 Å². The Hall–Kier alpha value is -3.93. The molecule has 0 bridgehead atoms. The van der Waals surface area contributed by atoms with Crippen LogP contribution in [0.25, 0.3) is 22.7 Å².